The molecule has 0 spiro atoms. The van der Waals surface area contributed by atoms with Gasteiger partial charge < -0.3 is 9.47 Å². The highest BCUT2D eigenvalue weighted by Gasteiger charge is 2.31. The smallest absolute Gasteiger partial charge is 0.271 e. The number of nitrogens with one attached hydrogen (secondary N) is 1. The Bertz CT molecular complexity index is 927. The molecule has 26 heavy (non-hydrogen) atoms. The Morgan fingerprint density at radius 2 is 2.27 bits per heavy atom. The molecular formula is C18H19N5O2S. The molecule has 0 radical (unpaired) electrons. The summed E-state index contributed by atoms with van der Waals surface area (Å²) in [5, 5.41) is 11.0. The maximum absolute atomic E-state index is 12.8. The number of rotatable bonds is 4. The lowest BCUT2D eigenvalue weighted by atomic mass is 9.93. The summed E-state index contributed by atoms with van der Waals surface area (Å²) < 4.78 is 1.73. The third-order valence-corrected chi connectivity index (χ3v) is 5.43. The molecule has 1 aliphatic heterocycles. The predicted octanol–water partition coefficient (Wildman–Crippen LogP) is 2.61. The number of Topliss-reactive ketones (excluding diaryl/α,β-unsaturated/α-hetero) is 1. The molecule has 8 heteroatoms. The summed E-state index contributed by atoms with van der Waals surface area (Å²) in [7, 11) is 1.81. The molecule has 1 fully saturated rings. The molecule has 1 aliphatic rings. The Balaban J connectivity index is 1.48. The van der Waals surface area contributed by atoms with Crippen LogP contribution in [-0.2, 0) is 7.05 Å². The van der Waals surface area contributed by atoms with Crippen LogP contribution in [-0.4, -0.2) is 49.4 Å². The lowest BCUT2D eigenvalue weighted by Gasteiger charge is -2.31. The molecule has 1 N–H and O–H groups in total. The van der Waals surface area contributed by atoms with Crippen LogP contribution in [0.4, 0.5) is 0 Å². The molecule has 1 atom stereocenters. The summed E-state index contributed by atoms with van der Waals surface area (Å²) in [4.78, 5) is 31.4. The van der Waals surface area contributed by atoms with Gasteiger partial charge in [0.25, 0.3) is 5.91 Å². The number of carbonyl (C=O) groups excluding carboxylic acids is 2. The SMILES string of the molecule is Cn1ccnc1C(=O)[C@H]1CCCN(C(=O)c2cc(-c3ccsc3)n[nH]2)C1. The Morgan fingerprint density at radius 3 is 3.00 bits per heavy atom. The summed E-state index contributed by atoms with van der Waals surface area (Å²) in [5.74, 6) is 0.119. The van der Waals surface area contributed by atoms with Crippen molar-refractivity contribution in [2.45, 2.75) is 12.8 Å². The molecular weight excluding hydrogens is 350 g/mol. The van der Waals surface area contributed by atoms with Gasteiger partial charge in [-0.2, -0.15) is 16.4 Å². The van der Waals surface area contributed by atoms with Gasteiger partial charge in [0.05, 0.1) is 5.69 Å². The van der Waals surface area contributed by atoms with Gasteiger partial charge in [0.2, 0.25) is 5.78 Å². The van der Waals surface area contributed by atoms with Crippen LogP contribution in [0.2, 0.25) is 0 Å². The Labute approximate surface area is 154 Å². The van der Waals surface area contributed by atoms with E-state index in [1.54, 1.807) is 39.3 Å². The first-order chi connectivity index (χ1) is 12.6. The van der Waals surface area contributed by atoms with Crippen LogP contribution >= 0.6 is 11.3 Å². The molecule has 134 valence electrons. The number of nitrogens with zero attached hydrogens (tertiary/aromatic N) is 4. The standard InChI is InChI=1S/C18H19N5O2S/c1-22-7-5-19-17(22)16(24)12-3-2-6-23(10-12)18(25)15-9-14(20-21-15)13-4-8-26-11-13/h4-5,7-9,11-12H,2-3,6,10H2,1H3,(H,20,21)/t12-/m0/s1. The molecule has 1 amide bonds. The van der Waals surface area contributed by atoms with Crippen LogP contribution in [0.1, 0.15) is 33.9 Å². The van der Waals surface area contributed by atoms with E-state index < -0.39 is 0 Å². The van der Waals surface area contributed by atoms with Gasteiger partial charge in [0, 0.05) is 49.4 Å². The van der Waals surface area contributed by atoms with Gasteiger partial charge in [-0.3, -0.25) is 14.7 Å². The zero-order valence-corrected chi connectivity index (χ0v) is 15.2. The van der Waals surface area contributed by atoms with Crippen LogP contribution in [0.15, 0.2) is 35.3 Å². The van der Waals surface area contributed by atoms with Crippen molar-refractivity contribution in [3.8, 4) is 11.3 Å². The van der Waals surface area contributed by atoms with Gasteiger partial charge in [-0.15, -0.1) is 0 Å². The van der Waals surface area contributed by atoms with E-state index in [0.717, 1.165) is 24.1 Å². The van der Waals surface area contributed by atoms with Gasteiger partial charge >= 0.3 is 0 Å². The highest BCUT2D eigenvalue weighted by molar-refractivity contribution is 7.08. The summed E-state index contributed by atoms with van der Waals surface area (Å²) in [6.45, 7) is 1.06. The van der Waals surface area contributed by atoms with Crippen LogP contribution in [0.5, 0.6) is 0 Å². The lowest BCUT2D eigenvalue weighted by molar-refractivity contribution is 0.0628. The number of carbonyl (C=O) groups is 2. The summed E-state index contributed by atoms with van der Waals surface area (Å²) in [6.07, 6.45) is 4.96. The molecule has 0 aliphatic carbocycles. The first-order valence-electron chi connectivity index (χ1n) is 8.52. The molecule has 3 aromatic rings. The molecule has 0 unspecified atom stereocenters. The summed E-state index contributed by atoms with van der Waals surface area (Å²) in [6, 6.07) is 3.74. The predicted molar refractivity (Wildman–Crippen MR) is 98.1 cm³/mol. The Hall–Kier alpha value is -2.74. The summed E-state index contributed by atoms with van der Waals surface area (Å²) >= 11 is 1.59. The van der Waals surface area contributed by atoms with Crippen molar-refractivity contribution in [3.05, 3.63) is 46.8 Å². The fourth-order valence-corrected chi connectivity index (χ4v) is 3.97. The number of piperidine rings is 1. The number of hydrogen-bond donors (Lipinski definition) is 1. The molecule has 7 nitrogen and oxygen atoms in total. The first kappa shape index (κ1) is 16.7. The van der Waals surface area contributed by atoms with E-state index in [0.29, 0.717) is 24.6 Å². The van der Waals surface area contributed by atoms with Crippen molar-refractivity contribution in [2.75, 3.05) is 13.1 Å². The quantitative estimate of drug-likeness (QED) is 0.717. The van der Waals surface area contributed by atoms with Crippen molar-refractivity contribution in [3.63, 3.8) is 0 Å². The number of hydrogen-bond acceptors (Lipinski definition) is 5. The number of H-pyrrole nitrogens is 1. The Morgan fingerprint density at radius 1 is 1.38 bits per heavy atom. The van der Waals surface area contributed by atoms with Gasteiger partial charge in [-0.25, -0.2) is 4.98 Å². The monoisotopic (exact) mass is 369 g/mol. The van der Waals surface area contributed by atoms with E-state index in [4.69, 9.17) is 0 Å². The fraction of sp³-hybridized carbons (Fsp3) is 0.333. The molecule has 4 rings (SSSR count). The van der Waals surface area contributed by atoms with E-state index in [-0.39, 0.29) is 17.6 Å². The second-order valence-corrected chi connectivity index (χ2v) is 7.28. The number of thiophene rings is 1. The number of ketones is 1. The van der Waals surface area contributed by atoms with Gasteiger partial charge in [0.1, 0.15) is 5.69 Å². The molecule has 0 aromatic carbocycles. The van der Waals surface area contributed by atoms with E-state index in [9.17, 15) is 9.59 Å². The normalized spacial score (nSPS) is 17.4. The zero-order valence-electron chi connectivity index (χ0n) is 14.4. The maximum Gasteiger partial charge on any atom is 0.271 e. The third-order valence-electron chi connectivity index (χ3n) is 4.75. The Kier molecular flexibility index (Phi) is 4.42. The van der Waals surface area contributed by atoms with Crippen molar-refractivity contribution >= 4 is 23.0 Å². The van der Waals surface area contributed by atoms with Gasteiger partial charge in [-0.05, 0) is 30.4 Å². The molecule has 0 bridgehead atoms. The van der Waals surface area contributed by atoms with Crippen molar-refractivity contribution in [2.24, 2.45) is 13.0 Å². The van der Waals surface area contributed by atoms with Crippen LogP contribution in [0.3, 0.4) is 0 Å². The number of imidazole rings is 1. The largest absolute Gasteiger partial charge is 0.337 e. The van der Waals surface area contributed by atoms with Gasteiger partial charge in [-0.1, -0.05) is 0 Å². The first-order valence-corrected chi connectivity index (χ1v) is 9.46. The van der Waals surface area contributed by atoms with E-state index >= 15 is 0 Å². The second-order valence-electron chi connectivity index (χ2n) is 6.50. The fourth-order valence-electron chi connectivity index (χ4n) is 3.32. The average molecular weight is 369 g/mol. The van der Waals surface area contributed by atoms with Crippen LogP contribution in [0.25, 0.3) is 11.3 Å². The van der Waals surface area contributed by atoms with Crippen molar-refractivity contribution in [1.82, 2.24) is 24.6 Å². The van der Waals surface area contributed by atoms with Crippen molar-refractivity contribution < 1.29 is 9.59 Å². The minimum absolute atomic E-state index is 0.00132. The number of aryl methyl sites for hydroxylation is 1. The molecule has 4 heterocycles. The minimum atomic E-state index is -0.215. The molecule has 1 saturated heterocycles. The number of aromatic nitrogens is 4. The lowest BCUT2D eigenvalue weighted by Crippen LogP contribution is -2.42. The zero-order chi connectivity index (χ0) is 18.1. The highest BCUT2D eigenvalue weighted by Crippen LogP contribution is 2.24. The van der Waals surface area contributed by atoms with E-state index in [1.807, 2.05) is 23.9 Å². The van der Waals surface area contributed by atoms with Crippen LogP contribution in [0, 0.1) is 5.92 Å². The molecule has 3 aromatic heterocycles. The minimum Gasteiger partial charge on any atom is -0.337 e. The van der Waals surface area contributed by atoms with Gasteiger partial charge in [0.15, 0.2) is 5.82 Å². The average Bonchev–Trinajstić information content (AvgIpc) is 3.41. The third kappa shape index (κ3) is 3.08. The molecule has 0 saturated carbocycles. The number of amides is 1. The second kappa shape index (κ2) is 6.87. The maximum atomic E-state index is 12.8. The summed E-state index contributed by atoms with van der Waals surface area (Å²) in [5.41, 5.74) is 2.20. The highest BCUT2D eigenvalue weighted by atomic mass is 32.1. The van der Waals surface area contributed by atoms with E-state index in [2.05, 4.69) is 15.2 Å². The number of aromatic amines is 1. The van der Waals surface area contributed by atoms with E-state index in [1.165, 1.54) is 0 Å². The van der Waals surface area contributed by atoms with Crippen molar-refractivity contribution in [1.29, 1.82) is 0 Å². The van der Waals surface area contributed by atoms with Crippen LogP contribution < -0.4 is 0 Å². The number of likely N-dealkylation sites (tertiary alicyclic amines) is 1. The topological polar surface area (TPSA) is 83.9 Å².